The third-order valence-corrected chi connectivity index (χ3v) is 3.51. The van der Waals surface area contributed by atoms with Crippen LogP contribution in [0.2, 0.25) is 5.02 Å². The summed E-state index contributed by atoms with van der Waals surface area (Å²) in [6.45, 7) is 0.658. The van der Waals surface area contributed by atoms with Crippen LogP contribution in [0.4, 0.5) is 0 Å². The summed E-state index contributed by atoms with van der Waals surface area (Å²) in [5, 5.41) is 10.3. The highest BCUT2D eigenvalue weighted by Crippen LogP contribution is 2.18. The minimum atomic E-state index is -0.629. The SMILES string of the molecule is O=C(NO)c1cc2c(ccn2Cc2ccc(Cl)cc2)cn1. The lowest BCUT2D eigenvalue weighted by molar-refractivity contribution is 0.0701. The Morgan fingerprint density at radius 3 is 2.76 bits per heavy atom. The zero-order valence-corrected chi connectivity index (χ0v) is 11.7. The van der Waals surface area contributed by atoms with Gasteiger partial charge in [0.15, 0.2) is 0 Å². The van der Waals surface area contributed by atoms with Crippen molar-refractivity contribution in [3.8, 4) is 0 Å². The number of hydrogen-bond acceptors (Lipinski definition) is 3. The molecule has 0 unspecified atom stereocenters. The Morgan fingerprint density at radius 1 is 1.29 bits per heavy atom. The van der Waals surface area contributed by atoms with Gasteiger partial charge in [-0.2, -0.15) is 0 Å². The monoisotopic (exact) mass is 301 g/mol. The summed E-state index contributed by atoms with van der Waals surface area (Å²) in [6.07, 6.45) is 3.54. The smallest absolute Gasteiger partial charge is 0.293 e. The Balaban J connectivity index is 1.98. The number of rotatable bonds is 3. The number of nitrogens with one attached hydrogen (secondary N) is 1. The highest BCUT2D eigenvalue weighted by atomic mass is 35.5. The molecule has 5 nitrogen and oxygen atoms in total. The maximum atomic E-state index is 11.4. The first-order valence-electron chi connectivity index (χ1n) is 6.31. The average molecular weight is 302 g/mol. The second-order valence-corrected chi connectivity index (χ2v) is 5.08. The van der Waals surface area contributed by atoms with Crippen LogP contribution in [0.3, 0.4) is 0 Å². The van der Waals surface area contributed by atoms with Gasteiger partial charge in [-0.3, -0.25) is 15.0 Å². The third kappa shape index (κ3) is 2.74. The predicted octanol–water partition coefficient (Wildman–Crippen LogP) is 2.86. The van der Waals surface area contributed by atoms with E-state index >= 15 is 0 Å². The maximum absolute atomic E-state index is 11.4. The largest absolute Gasteiger partial charge is 0.343 e. The molecule has 1 amide bonds. The van der Waals surface area contributed by atoms with E-state index in [1.165, 1.54) is 0 Å². The second-order valence-electron chi connectivity index (χ2n) is 4.64. The van der Waals surface area contributed by atoms with Gasteiger partial charge in [0, 0.05) is 29.3 Å². The molecule has 106 valence electrons. The number of aromatic nitrogens is 2. The Labute approximate surface area is 125 Å². The van der Waals surface area contributed by atoms with Gasteiger partial charge in [-0.25, -0.2) is 5.48 Å². The van der Waals surface area contributed by atoms with E-state index in [0.717, 1.165) is 16.5 Å². The average Bonchev–Trinajstić information content (AvgIpc) is 2.91. The van der Waals surface area contributed by atoms with Crippen LogP contribution in [0.25, 0.3) is 10.9 Å². The van der Waals surface area contributed by atoms with Crippen molar-refractivity contribution < 1.29 is 10.0 Å². The number of carbonyl (C=O) groups excluding carboxylic acids is 1. The van der Waals surface area contributed by atoms with Crippen molar-refractivity contribution in [2.75, 3.05) is 0 Å². The van der Waals surface area contributed by atoms with E-state index in [2.05, 4.69) is 4.98 Å². The van der Waals surface area contributed by atoms with Gasteiger partial charge in [0.05, 0.1) is 5.52 Å². The number of amides is 1. The molecule has 6 heteroatoms. The standard InChI is InChI=1S/C15H12ClN3O2/c16-12-3-1-10(2-4-12)9-19-6-5-11-8-17-13(7-14(11)19)15(20)18-21/h1-8,21H,9H2,(H,18,20). The molecule has 0 aliphatic heterocycles. The van der Waals surface area contributed by atoms with E-state index in [1.54, 1.807) is 17.7 Å². The number of fused-ring (bicyclic) bond motifs is 1. The highest BCUT2D eigenvalue weighted by molar-refractivity contribution is 6.30. The first-order chi connectivity index (χ1) is 10.2. The summed E-state index contributed by atoms with van der Waals surface area (Å²) in [7, 11) is 0. The molecule has 0 atom stereocenters. The fourth-order valence-electron chi connectivity index (χ4n) is 2.19. The molecule has 0 radical (unpaired) electrons. The summed E-state index contributed by atoms with van der Waals surface area (Å²) in [4.78, 5) is 15.4. The molecule has 3 rings (SSSR count). The minimum Gasteiger partial charge on any atom is -0.343 e. The summed E-state index contributed by atoms with van der Waals surface area (Å²) in [5.74, 6) is -0.629. The molecule has 0 saturated carbocycles. The van der Waals surface area contributed by atoms with Crippen LogP contribution >= 0.6 is 11.6 Å². The highest BCUT2D eigenvalue weighted by Gasteiger charge is 2.09. The summed E-state index contributed by atoms with van der Waals surface area (Å²) >= 11 is 5.88. The third-order valence-electron chi connectivity index (χ3n) is 3.26. The lowest BCUT2D eigenvalue weighted by atomic mass is 10.2. The fourth-order valence-corrected chi connectivity index (χ4v) is 2.31. The van der Waals surface area contributed by atoms with Crippen LogP contribution in [-0.2, 0) is 6.54 Å². The molecular formula is C15H12ClN3O2. The predicted molar refractivity (Wildman–Crippen MR) is 79.5 cm³/mol. The van der Waals surface area contributed by atoms with Crippen molar-refractivity contribution >= 4 is 28.4 Å². The van der Waals surface area contributed by atoms with Crippen molar-refractivity contribution in [1.82, 2.24) is 15.0 Å². The molecule has 0 aliphatic rings. The summed E-state index contributed by atoms with van der Waals surface area (Å²) in [5.41, 5.74) is 3.73. The Bertz CT molecular complexity index is 796. The Morgan fingerprint density at radius 2 is 2.05 bits per heavy atom. The molecule has 0 saturated heterocycles. The van der Waals surface area contributed by atoms with Crippen LogP contribution in [-0.4, -0.2) is 20.7 Å². The van der Waals surface area contributed by atoms with Crippen molar-refractivity contribution in [1.29, 1.82) is 0 Å². The van der Waals surface area contributed by atoms with Crippen LogP contribution < -0.4 is 5.48 Å². The quantitative estimate of drug-likeness (QED) is 0.577. The summed E-state index contributed by atoms with van der Waals surface area (Å²) in [6, 6.07) is 11.2. The lowest BCUT2D eigenvalue weighted by Crippen LogP contribution is -2.19. The fraction of sp³-hybridized carbons (Fsp3) is 0.0667. The number of hydrogen-bond donors (Lipinski definition) is 2. The molecule has 0 aliphatic carbocycles. The number of halogens is 1. The van der Waals surface area contributed by atoms with Gasteiger partial charge in [-0.05, 0) is 29.8 Å². The lowest BCUT2D eigenvalue weighted by Gasteiger charge is -2.07. The minimum absolute atomic E-state index is 0.168. The van der Waals surface area contributed by atoms with Gasteiger partial charge in [0.25, 0.3) is 5.91 Å². The Kier molecular flexibility index (Phi) is 3.60. The number of carbonyl (C=O) groups is 1. The van der Waals surface area contributed by atoms with E-state index < -0.39 is 5.91 Å². The maximum Gasteiger partial charge on any atom is 0.293 e. The second kappa shape index (κ2) is 5.55. The van der Waals surface area contributed by atoms with E-state index in [0.29, 0.717) is 11.6 Å². The van der Waals surface area contributed by atoms with Gasteiger partial charge in [0.2, 0.25) is 0 Å². The normalized spacial score (nSPS) is 10.8. The topological polar surface area (TPSA) is 67.2 Å². The molecule has 21 heavy (non-hydrogen) atoms. The molecular weight excluding hydrogens is 290 g/mol. The summed E-state index contributed by atoms with van der Waals surface area (Å²) < 4.78 is 2.01. The van der Waals surface area contributed by atoms with Crippen LogP contribution in [0, 0.1) is 0 Å². The first kappa shape index (κ1) is 13.6. The molecule has 1 aromatic carbocycles. The Hall–Kier alpha value is -2.37. The van der Waals surface area contributed by atoms with Gasteiger partial charge in [0.1, 0.15) is 5.69 Å². The van der Waals surface area contributed by atoms with Crippen LogP contribution in [0.15, 0.2) is 48.8 Å². The van der Waals surface area contributed by atoms with E-state index in [1.807, 2.05) is 41.1 Å². The van der Waals surface area contributed by atoms with Crippen molar-refractivity contribution in [2.45, 2.75) is 6.54 Å². The van der Waals surface area contributed by atoms with Crippen LogP contribution in [0.1, 0.15) is 16.1 Å². The zero-order chi connectivity index (χ0) is 14.8. The molecule has 2 aromatic heterocycles. The molecule has 0 bridgehead atoms. The number of hydroxylamine groups is 1. The van der Waals surface area contributed by atoms with E-state index in [4.69, 9.17) is 16.8 Å². The van der Waals surface area contributed by atoms with E-state index in [9.17, 15) is 4.79 Å². The number of benzene rings is 1. The number of pyridine rings is 1. The van der Waals surface area contributed by atoms with Crippen molar-refractivity contribution in [3.05, 3.63) is 65.1 Å². The molecule has 2 heterocycles. The number of nitrogens with zero attached hydrogens (tertiary/aromatic N) is 2. The van der Waals surface area contributed by atoms with Crippen molar-refractivity contribution in [2.24, 2.45) is 0 Å². The zero-order valence-electron chi connectivity index (χ0n) is 11.0. The van der Waals surface area contributed by atoms with Gasteiger partial charge < -0.3 is 4.57 Å². The van der Waals surface area contributed by atoms with Crippen LogP contribution in [0.5, 0.6) is 0 Å². The first-order valence-corrected chi connectivity index (χ1v) is 6.69. The molecule has 3 aromatic rings. The molecule has 2 N–H and O–H groups in total. The van der Waals surface area contributed by atoms with Gasteiger partial charge in [-0.15, -0.1) is 0 Å². The van der Waals surface area contributed by atoms with Crippen molar-refractivity contribution in [3.63, 3.8) is 0 Å². The van der Waals surface area contributed by atoms with E-state index in [-0.39, 0.29) is 5.69 Å². The van der Waals surface area contributed by atoms with Gasteiger partial charge >= 0.3 is 0 Å². The van der Waals surface area contributed by atoms with Gasteiger partial charge in [-0.1, -0.05) is 23.7 Å². The molecule has 0 spiro atoms. The molecule has 0 fully saturated rings.